The molecule has 2 rings (SSSR count). The minimum Gasteiger partial charge on any atom is -0.632 e. The second-order valence-electron chi connectivity index (χ2n) is 3.44. The normalized spacial score (nSPS) is 19.8. The number of carboxylic acid groups (broad SMARTS) is 1. The molecule has 0 radical (unpaired) electrons. The van der Waals surface area contributed by atoms with Crippen molar-refractivity contribution < 1.29 is 15.0 Å². The summed E-state index contributed by atoms with van der Waals surface area (Å²) in [6.45, 7) is 0.461. The van der Waals surface area contributed by atoms with E-state index in [2.05, 4.69) is 10.3 Å². The SMILES string of the molecule is O=C(O)c1ccc(C2=NC[NH+]([O-])CN2)cc1. The van der Waals surface area contributed by atoms with E-state index in [-0.39, 0.29) is 24.0 Å². The maximum absolute atomic E-state index is 10.9. The molecular formula is C10H11N3O3. The highest BCUT2D eigenvalue weighted by Gasteiger charge is 2.11. The number of aliphatic imine (C=N–C) groups is 1. The van der Waals surface area contributed by atoms with Gasteiger partial charge in [-0.2, -0.15) is 0 Å². The molecule has 1 unspecified atom stereocenters. The number of nitrogens with zero attached hydrogens (tertiary/aromatic N) is 1. The summed E-state index contributed by atoms with van der Waals surface area (Å²) in [7, 11) is 0. The molecule has 0 saturated heterocycles. The fraction of sp³-hybridized carbons (Fsp3) is 0.200. The Hall–Kier alpha value is -1.92. The lowest BCUT2D eigenvalue weighted by atomic mass is 10.1. The molecule has 1 heterocycles. The maximum atomic E-state index is 10.9. The monoisotopic (exact) mass is 221 g/mol. The van der Waals surface area contributed by atoms with Gasteiger partial charge in [-0.05, 0) is 12.1 Å². The summed E-state index contributed by atoms with van der Waals surface area (Å²) in [5, 5.41) is 22.6. The molecule has 16 heavy (non-hydrogen) atoms. The van der Waals surface area contributed by atoms with Crippen LogP contribution in [0.2, 0.25) is 0 Å². The van der Waals surface area contributed by atoms with Crippen LogP contribution >= 0.6 is 0 Å². The predicted molar refractivity (Wildman–Crippen MR) is 57.1 cm³/mol. The van der Waals surface area contributed by atoms with Crippen LogP contribution in [0.3, 0.4) is 0 Å². The Labute approximate surface area is 91.8 Å². The zero-order valence-corrected chi connectivity index (χ0v) is 8.43. The van der Waals surface area contributed by atoms with Crippen LogP contribution in [0.4, 0.5) is 0 Å². The Morgan fingerprint density at radius 2 is 2.12 bits per heavy atom. The molecule has 0 bridgehead atoms. The standard InChI is InChI=1S/C10H11N3O3/c14-10(15)8-3-1-7(2-4-8)9-11-5-13(16)6-12-9/h1-4,13H,5-6H2,(H,11,12)(H,14,15). The topological polar surface area (TPSA) is 89.2 Å². The van der Waals surface area contributed by atoms with E-state index in [1.165, 1.54) is 12.1 Å². The molecule has 1 aromatic rings. The maximum Gasteiger partial charge on any atom is 0.335 e. The predicted octanol–water partition coefficient (Wildman–Crippen LogP) is -0.968. The van der Waals surface area contributed by atoms with E-state index >= 15 is 0 Å². The number of carboxylic acids is 1. The summed E-state index contributed by atoms with van der Waals surface area (Å²) in [4.78, 5) is 14.7. The van der Waals surface area contributed by atoms with Crippen LogP contribution in [0.5, 0.6) is 0 Å². The van der Waals surface area contributed by atoms with Crippen molar-refractivity contribution >= 4 is 11.8 Å². The van der Waals surface area contributed by atoms with E-state index in [1.54, 1.807) is 12.1 Å². The zero-order valence-electron chi connectivity index (χ0n) is 8.43. The average Bonchev–Trinajstić information content (AvgIpc) is 2.30. The molecule has 1 aliphatic rings. The third-order valence-corrected chi connectivity index (χ3v) is 2.27. The van der Waals surface area contributed by atoms with E-state index in [1.807, 2.05) is 0 Å². The van der Waals surface area contributed by atoms with E-state index in [0.717, 1.165) is 5.56 Å². The molecule has 6 heteroatoms. The largest absolute Gasteiger partial charge is 0.632 e. The van der Waals surface area contributed by atoms with Gasteiger partial charge in [0.05, 0.1) is 5.56 Å². The van der Waals surface area contributed by atoms with Crippen molar-refractivity contribution in [3.63, 3.8) is 0 Å². The molecule has 84 valence electrons. The zero-order chi connectivity index (χ0) is 11.5. The van der Waals surface area contributed by atoms with Crippen LogP contribution in [0.15, 0.2) is 29.3 Å². The Bertz CT molecular complexity index is 427. The third kappa shape index (κ3) is 2.18. The summed E-state index contributed by atoms with van der Waals surface area (Å²) in [6, 6.07) is 6.37. The Kier molecular flexibility index (Phi) is 2.84. The molecule has 3 N–H and O–H groups in total. The van der Waals surface area contributed by atoms with Gasteiger partial charge in [0.2, 0.25) is 0 Å². The number of hydrogen-bond donors (Lipinski definition) is 3. The first kappa shape index (κ1) is 10.6. The van der Waals surface area contributed by atoms with E-state index in [0.29, 0.717) is 5.84 Å². The molecule has 1 aliphatic heterocycles. The van der Waals surface area contributed by atoms with Crippen LogP contribution in [0.25, 0.3) is 0 Å². The van der Waals surface area contributed by atoms with Crippen LogP contribution in [-0.4, -0.2) is 30.2 Å². The molecule has 0 fully saturated rings. The Balaban J connectivity index is 2.19. The van der Waals surface area contributed by atoms with Gasteiger partial charge in [0.1, 0.15) is 5.84 Å². The van der Waals surface area contributed by atoms with Gasteiger partial charge in [-0.1, -0.05) is 12.1 Å². The third-order valence-electron chi connectivity index (χ3n) is 2.27. The fourth-order valence-corrected chi connectivity index (χ4v) is 1.43. The lowest BCUT2D eigenvalue weighted by Crippen LogP contribution is -3.10. The molecule has 0 aliphatic carbocycles. The van der Waals surface area contributed by atoms with Crippen molar-refractivity contribution in [1.82, 2.24) is 5.32 Å². The number of amidine groups is 1. The van der Waals surface area contributed by atoms with Crippen molar-refractivity contribution in [2.45, 2.75) is 0 Å². The number of nitrogens with one attached hydrogen (secondary N) is 2. The van der Waals surface area contributed by atoms with Crippen LogP contribution < -0.4 is 10.4 Å². The van der Waals surface area contributed by atoms with Crippen molar-refractivity contribution in [1.29, 1.82) is 0 Å². The van der Waals surface area contributed by atoms with Crippen molar-refractivity contribution in [2.75, 3.05) is 13.3 Å². The van der Waals surface area contributed by atoms with Gasteiger partial charge in [0.15, 0.2) is 13.3 Å². The highest BCUT2D eigenvalue weighted by atomic mass is 16.5. The number of hydroxylamine groups is 2. The van der Waals surface area contributed by atoms with Crippen LogP contribution in [0, 0.1) is 5.21 Å². The molecular weight excluding hydrogens is 210 g/mol. The molecule has 1 atom stereocenters. The molecule has 1 aromatic carbocycles. The van der Waals surface area contributed by atoms with Gasteiger partial charge in [-0.25, -0.2) is 9.79 Å². The first-order chi connectivity index (χ1) is 7.66. The highest BCUT2D eigenvalue weighted by molar-refractivity contribution is 5.99. The first-order valence-corrected chi connectivity index (χ1v) is 4.80. The number of hydrogen-bond acceptors (Lipinski definition) is 4. The average molecular weight is 221 g/mol. The summed E-state index contributed by atoms with van der Waals surface area (Å²) in [5.41, 5.74) is 1.02. The summed E-state index contributed by atoms with van der Waals surface area (Å²) >= 11 is 0. The summed E-state index contributed by atoms with van der Waals surface area (Å²) in [5.74, 6) is -0.322. The van der Waals surface area contributed by atoms with Crippen molar-refractivity contribution in [2.24, 2.45) is 4.99 Å². The van der Waals surface area contributed by atoms with Gasteiger partial charge in [-0.15, -0.1) is 0 Å². The van der Waals surface area contributed by atoms with Gasteiger partial charge in [0, 0.05) is 5.56 Å². The second-order valence-corrected chi connectivity index (χ2v) is 3.44. The van der Waals surface area contributed by atoms with E-state index in [9.17, 15) is 10.0 Å². The van der Waals surface area contributed by atoms with Gasteiger partial charge >= 0.3 is 5.97 Å². The van der Waals surface area contributed by atoms with Crippen molar-refractivity contribution in [3.8, 4) is 0 Å². The fourth-order valence-electron chi connectivity index (χ4n) is 1.43. The Morgan fingerprint density at radius 3 is 2.62 bits per heavy atom. The van der Waals surface area contributed by atoms with Crippen LogP contribution in [-0.2, 0) is 0 Å². The minimum absolute atomic E-state index is 0.0471. The van der Waals surface area contributed by atoms with E-state index in [4.69, 9.17) is 5.11 Å². The van der Waals surface area contributed by atoms with Gasteiger partial charge in [-0.3, -0.25) is 0 Å². The van der Waals surface area contributed by atoms with Crippen molar-refractivity contribution in [3.05, 3.63) is 40.6 Å². The van der Waals surface area contributed by atoms with Gasteiger partial charge in [0.25, 0.3) is 0 Å². The summed E-state index contributed by atoms with van der Waals surface area (Å²) in [6.07, 6.45) is 0. The molecule has 0 aromatic heterocycles. The highest BCUT2D eigenvalue weighted by Crippen LogP contribution is 2.05. The number of rotatable bonds is 2. The molecule has 0 saturated carbocycles. The number of aromatic carboxylic acids is 1. The quantitative estimate of drug-likeness (QED) is 0.561. The smallest absolute Gasteiger partial charge is 0.335 e. The second kappa shape index (κ2) is 4.30. The van der Waals surface area contributed by atoms with E-state index < -0.39 is 5.97 Å². The number of carbonyl (C=O) groups is 1. The molecule has 0 amide bonds. The first-order valence-electron chi connectivity index (χ1n) is 4.80. The minimum atomic E-state index is -0.958. The lowest BCUT2D eigenvalue weighted by Gasteiger charge is -2.26. The van der Waals surface area contributed by atoms with Crippen LogP contribution in [0.1, 0.15) is 15.9 Å². The lowest BCUT2D eigenvalue weighted by molar-refractivity contribution is -0.851. The number of quaternary nitrogens is 1. The van der Waals surface area contributed by atoms with Gasteiger partial charge < -0.3 is 20.7 Å². The molecule has 6 nitrogen and oxygen atoms in total. The number of benzene rings is 1. The molecule has 0 spiro atoms. The Morgan fingerprint density at radius 1 is 1.44 bits per heavy atom. The summed E-state index contributed by atoms with van der Waals surface area (Å²) < 4.78 is 0.